The van der Waals surface area contributed by atoms with Crippen LogP contribution in [0.4, 0.5) is 10.1 Å². The topological polar surface area (TPSA) is 61.6 Å². The van der Waals surface area contributed by atoms with Crippen LogP contribution in [0.1, 0.15) is 17.0 Å². The second-order valence-corrected chi connectivity index (χ2v) is 3.81. The van der Waals surface area contributed by atoms with Crippen LogP contribution in [-0.4, -0.2) is 9.97 Å². The van der Waals surface area contributed by atoms with Crippen molar-refractivity contribution in [2.45, 2.75) is 13.5 Å². The number of aryl methyl sites for hydroxylation is 1. The third kappa shape index (κ3) is 2.80. The second kappa shape index (κ2) is 5.23. The molecule has 1 heterocycles. The highest BCUT2D eigenvalue weighted by molar-refractivity contribution is 5.48. The third-order valence-corrected chi connectivity index (χ3v) is 2.39. The van der Waals surface area contributed by atoms with Crippen molar-refractivity contribution in [1.29, 1.82) is 5.26 Å². The average molecular weight is 242 g/mol. The largest absolute Gasteiger partial charge is 0.377 e. The van der Waals surface area contributed by atoms with Gasteiger partial charge in [-0.1, -0.05) is 0 Å². The summed E-state index contributed by atoms with van der Waals surface area (Å²) in [6, 6.07) is 6.18. The van der Waals surface area contributed by atoms with Gasteiger partial charge in [-0.3, -0.25) is 9.97 Å². The minimum Gasteiger partial charge on any atom is -0.377 e. The monoisotopic (exact) mass is 242 g/mol. The lowest BCUT2D eigenvalue weighted by atomic mass is 10.2. The molecule has 0 radical (unpaired) electrons. The van der Waals surface area contributed by atoms with Crippen molar-refractivity contribution in [2.24, 2.45) is 0 Å². The zero-order valence-electron chi connectivity index (χ0n) is 9.81. The molecule has 0 bridgehead atoms. The summed E-state index contributed by atoms with van der Waals surface area (Å²) in [5.74, 6) is -0.450. The summed E-state index contributed by atoms with van der Waals surface area (Å²) >= 11 is 0. The van der Waals surface area contributed by atoms with Crippen LogP contribution in [0.5, 0.6) is 0 Å². The Morgan fingerprint density at radius 3 is 2.78 bits per heavy atom. The zero-order valence-corrected chi connectivity index (χ0v) is 9.81. The van der Waals surface area contributed by atoms with Crippen molar-refractivity contribution >= 4 is 5.69 Å². The van der Waals surface area contributed by atoms with Gasteiger partial charge in [-0.2, -0.15) is 5.26 Å². The zero-order chi connectivity index (χ0) is 13.0. The molecule has 0 unspecified atom stereocenters. The minimum atomic E-state index is -0.450. The minimum absolute atomic E-state index is 0.299. The maximum absolute atomic E-state index is 13.6. The van der Waals surface area contributed by atoms with E-state index in [1.165, 1.54) is 12.1 Å². The van der Waals surface area contributed by atoms with Crippen LogP contribution in [0.25, 0.3) is 0 Å². The number of rotatable bonds is 3. The summed E-state index contributed by atoms with van der Waals surface area (Å²) in [6.45, 7) is 2.24. The Hall–Kier alpha value is -2.48. The normalized spacial score (nSPS) is 9.83. The van der Waals surface area contributed by atoms with Crippen LogP contribution in [0.3, 0.4) is 0 Å². The van der Waals surface area contributed by atoms with Gasteiger partial charge < -0.3 is 5.32 Å². The fourth-order valence-electron chi connectivity index (χ4n) is 1.42. The fourth-order valence-corrected chi connectivity index (χ4v) is 1.42. The van der Waals surface area contributed by atoms with Gasteiger partial charge in [-0.15, -0.1) is 0 Å². The predicted molar refractivity (Wildman–Crippen MR) is 65.2 cm³/mol. The molecular formula is C13H11FN4. The summed E-state index contributed by atoms with van der Waals surface area (Å²) in [4.78, 5) is 8.26. The number of nitriles is 1. The Labute approximate surface area is 104 Å². The number of halogens is 1. The molecule has 90 valence electrons. The number of hydrogen-bond donors (Lipinski definition) is 1. The predicted octanol–water partition coefficient (Wildman–Crippen LogP) is 2.41. The Bertz CT molecular complexity index is 587. The standard InChI is InChI=1S/C13H11FN4/c1-9-6-17-11(7-16-9)8-18-13-3-2-10(5-15)4-12(13)14/h2-4,6-7,18H,8H2,1H3. The highest BCUT2D eigenvalue weighted by atomic mass is 19.1. The van der Waals surface area contributed by atoms with E-state index >= 15 is 0 Å². The maximum atomic E-state index is 13.6. The van der Waals surface area contributed by atoms with Gasteiger partial charge in [0.1, 0.15) is 5.82 Å². The van der Waals surface area contributed by atoms with Gasteiger partial charge in [0.2, 0.25) is 0 Å². The molecule has 0 aliphatic carbocycles. The van der Waals surface area contributed by atoms with Crippen molar-refractivity contribution in [2.75, 3.05) is 5.32 Å². The Morgan fingerprint density at radius 2 is 2.17 bits per heavy atom. The highest BCUT2D eigenvalue weighted by Crippen LogP contribution is 2.15. The Balaban J connectivity index is 2.06. The molecule has 1 aromatic carbocycles. The fraction of sp³-hybridized carbons (Fsp3) is 0.154. The van der Waals surface area contributed by atoms with E-state index in [0.717, 1.165) is 11.4 Å². The Kier molecular flexibility index (Phi) is 3.49. The van der Waals surface area contributed by atoms with Gasteiger partial charge in [-0.25, -0.2) is 4.39 Å². The SMILES string of the molecule is Cc1cnc(CNc2ccc(C#N)cc2F)cn1. The van der Waals surface area contributed by atoms with E-state index in [9.17, 15) is 4.39 Å². The molecule has 2 aromatic rings. The number of nitrogens with zero attached hydrogens (tertiary/aromatic N) is 3. The maximum Gasteiger partial charge on any atom is 0.147 e. The molecule has 0 aliphatic heterocycles. The number of benzene rings is 1. The summed E-state index contributed by atoms with van der Waals surface area (Å²) in [7, 11) is 0. The summed E-state index contributed by atoms with van der Waals surface area (Å²) in [6.07, 6.45) is 3.30. The molecular weight excluding hydrogens is 231 g/mol. The van der Waals surface area contributed by atoms with Crippen LogP contribution in [0, 0.1) is 24.1 Å². The van der Waals surface area contributed by atoms with E-state index in [0.29, 0.717) is 17.8 Å². The van der Waals surface area contributed by atoms with Crippen molar-refractivity contribution in [1.82, 2.24) is 9.97 Å². The molecule has 0 saturated heterocycles. The number of anilines is 1. The molecule has 1 aromatic heterocycles. The van der Waals surface area contributed by atoms with E-state index in [-0.39, 0.29) is 0 Å². The van der Waals surface area contributed by atoms with E-state index in [2.05, 4.69) is 15.3 Å². The first-order valence-electron chi connectivity index (χ1n) is 5.40. The first-order chi connectivity index (χ1) is 8.69. The molecule has 0 saturated carbocycles. The number of aromatic nitrogens is 2. The van der Waals surface area contributed by atoms with Crippen LogP contribution in [0.2, 0.25) is 0 Å². The van der Waals surface area contributed by atoms with Crippen molar-refractivity contribution in [3.8, 4) is 6.07 Å². The van der Waals surface area contributed by atoms with Crippen LogP contribution in [0.15, 0.2) is 30.6 Å². The second-order valence-electron chi connectivity index (χ2n) is 3.81. The van der Waals surface area contributed by atoms with E-state index in [1.54, 1.807) is 18.5 Å². The molecule has 4 nitrogen and oxygen atoms in total. The molecule has 1 N–H and O–H groups in total. The summed E-state index contributed by atoms with van der Waals surface area (Å²) < 4.78 is 13.6. The molecule has 0 aliphatic rings. The van der Waals surface area contributed by atoms with Crippen LogP contribution < -0.4 is 5.32 Å². The van der Waals surface area contributed by atoms with Crippen LogP contribution >= 0.6 is 0 Å². The number of hydrogen-bond acceptors (Lipinski definition) is 4. The van der Waals surface area contributed by atoms with Crippen molar-refractivity contribution in [3.05, 3.63) is 53.4 Å². The molecule has 0 amide bonds. The molecule has 0 fully saturated rings. The smallest absolute Gasteiger partial charge is 0.147 e. The number of nitrogens with one attached hydrogen (secondary N) is 1. The average Bonchev–Trinajstić information content (AvgIpc) is 2.39. The summed E-state index contributed by atoms with van der Waals surface area (Å²) in [5.41, 5.74) is 2.21. The molecule has 5 heteroatoms. The quantitative estimate of drug-likeness (QED) is 0.897. The van der Waals surface area contributed by atoms with Crippen molar-refractivity contribution in [3.63, 3.8) is 0 Å². The van der Waals surface area contributed by atoms with Gasteiger partial charge in [-0.05, 0) is 25.1 Å². The van der Waals surface area contributed by atoms with Gasteiger partial charge in [0.05, 0.1) is 41.4 Å². The Morgan fingerprint density at radius 1 is 1.33 bits per heavy atom. The first-order valence-corrected chi connectivity index (χ1v) is 5.40. The van der Waals surface area contributed by atoms with Gasteiger partial charge in [0.25, 0.3) is 0 Å². The van der Waals surface area contributed by atoms with Gasteiger partial charge in [0.15, 0.2) is 0 Å². The molecule has 18 heavy (non-hydrogen) atoms. The lowest BCUT2D eigenvalue weighted by Crippen LogP contribution is -2.04. The van der Waals surface area contributed by atoms with Gasteiger partial charge >= 0.3 is 0 Å². The van der Waals surface area contributed by atoms with E-state index in [4.69, 9.17) is 5.26 Å². The van der Waals surface area contributed by atoms with E-state index in [1.807, 2.05) is 13.0 Å². The lowest BCUT2D eigenvalue weighted by molar-refractivity contribution is 0.629. The first kappa shape index (κ1) is 12.0. The van der Waals surface area contributed by atoms with Gasteiger partial charge in [0, 0.05) is 6.20 Å². The molecule has 0 spiro atoms. The lowest BCUT2D eigenvalue weighted by Gasteiger charge is -2.07. The van der Waals surface area contributed by atoms with E-state index < -0.39 is 5.82 Å². The van der Waals surface area contributed by atoms with Crippen LogP contribution in [-0.2, 0) is 6.54 Å². The molecule has 2 rings (SSSR count). The summed E-state index contributed by atoms with van der Waals surface area (Å²) in [5, 5.41) is 11.5. The van der Waals surface area contributed by atoms with Crippen molar-refractivity contribution < 1.29 is 4.39 Å². The third-order valence-electron chi connectivity index (χ3n) is 2.39. The molecule has 0 atom stereocenters. The highest BCUT2D eigenvalue weighted by Gasteiger charge is 2.03.